The van der Waals surface area contributed by atoms with Gasteiger partial charge < -0.3 is 29.7 Å². The van der Waals surface area contributed by atoms with Crippen LogP contribution in [0.4, 0.5) is 18.8 Å². The van der Waals surface area contributed by atoms with Crippen LogP contribution in [0.5, 0.6) is 0 Å². The molecule has 292 valence electrons. The van der Waals surface area contributed by atoms with Crippen LogP contribution in [0.25, 0.3) is 44.2 Å². The largest absolute Gasteiger partial charge is 0.478 e. The number of furan rings is 2. The standard InChI is InChI=1S/C21H13Cl2NO4S.C20H10BrF2NO4S/c1-10-12(6-7-14(22)18(10)23)13-9-29-20(17(13)21(26)27)24-19(25)16-8-11-4-2-3-5-15(11)28-16;21-12-6-5-10(16(22)17(12)23)11-8-29-19(15(11)20(26)27)24-18(25)14-7-9-3-1-2-4-13(9)28-14/h2-9H,1H3,(H,24,25)(H,26,27);1-8H,(H,24,25)(H,26,27). The maximum atomic E-state index is 14.4. The quantitative estimate of drug-likeness (QED) is 0.110. The van der Waals surface area contributed by atoms with Crippen LogP contribution < -0.4 is 10.6 Å². The van der Waals surface area contributed by atoms with Crippen molar-refractivity contribution >= 4 is 117 Å². The number of halogens is 5. The number of carboxylic acids is 2. The van der Waals surface area contributed by atoms with E-state index in [0.29, 0.717) is 37.9 Å². The number of thiophene rings is 2. The molecule has 0 bridgehead atoms. The average molecular weight is 925 g/mol. The minimum absolute atomic E-state index is 0.00152. The van der Waals surface area contributed by atoms with Gasteiger partial charge in [0.25, 0.3) is 11.8 Å². The number of para-hydroxylation sites is 2. The first-order valence-electron chi connectivity index (χ1n) is 16.6. The molecule has 10 nitrogen and oxygen atoms in total. The van der Waals surface area contributed by atoms with Crippen molar-refractivity contribution in [2.75, 3.05) is 10.6 Å². The number of aromatic carboxylic acids is 2. The monoisotopic (exact) mass is 922 g/mol. The SMILES string of the molecule is Cc1c(-c2csc(NC(=O)c3cc4ccccc4o3)c2C(=O)O)ccc(Cl)c1Cl.O=C(Nc1scc(-c2ccc(Br)c(F)c2F)c1C(=O)O)c1cc2ccccc2o1. The number of benzene rings is 4. The van der Waals surface area contributed by atoms with Crippen LogP contribution in [-0.2, 0) is 0 Å². The second kappa shape index (κ2) is 16.6. The van der Waals surface area contributed by atoms with E-state index in [9.17, 15) is 38.2 Å². The fourth-order valence-electron chi connectivity index (χ4n) is 5.92. The van der Waals surface area contributed by atoms with Crippen molar-refractivity contribution in [3.63, 3.8) is 0 Å². The van der Waals surface area contributed by atoms with Crippen molar-refractivity contribution in [2.45, 2.75) is 6.92 Å². The minimum atomic E-state index is -1.39. The Kier molecular flexibility index (Phi) is 11.5. The molecule has 4 aromatic heterocycles. The summed E-state index contributed by atoms with van der Waals surface area (Å²) in [5, 5.41) is 30.0. The molecule has 58 heavy (non-hydrogen) atoms. The number of carbonyl (C=O) groups is 4. The molecule has 0 radical (unpaired) electrons. The van der Waals surface area contributed by atoms with E-state index in [4.69, 9.17) is 32.0 Å². The summed E-state index contributed by atoms with van der Waals surface area (Å²) in [5.74, 6) is -5.94. The Morgan fingerprint density at radius 3 is 1.60 bits per heavy atom. The number of rotatable bonds is 8. The predicted molar refractivity (Wildman–Crippen MR) is 224 cm³/mol. The Bertz CT molecular complexity index is 2690. The smallest absolute Gasteiger partial charge is 0.339 e. The van der Waals surface area contributed by atoms with Crippen molar-refractivity contribution in [1.29, 1.82) is 0 Å². The van der Waals surface area contributed by atoms with Gasteiger partial charge in [-0.25, -0.2) is 18.4 Å². The molecule has 4 heterocycles. The molecule has 0 aliphatic heterocycles. The molecule has 0 atom stereocenters. The van der Waals surface area contributed by atoms with E-state index in [2.05, 4.69) is 26.6 Å². The Balaban J connectivity index is 0.000000177. The van der Waals surface area contributed by atoms with Gasteiger partial charge >= 0.3 is 11.9 Å². The van der Waals surface area contributed by atoms with Crippen LogP contribution in [0.2, 0.25) is 10.0 Å². The lowest BCUT2D eigenvalue weighted by molar-refractivity contribution is 0.0688. The molecule has 8 aromatic rings. The van der Waals surface area contributed by atoms with Gasteiger partial charge in [0.1, 0.15) is 32.3 Å². The molecule has 4 aromatic carbocycles. The summed E-state index contributed by atoms with van der Waals surface area (Å²) >= 11 is 17.1. The van der Waals surface area contributed by atoms with Crippen LogP contribution in [0.15, 0.2) is 109 Å². The molecular weight excluding hydrogens is 901 g/mol. The van der Waals surface area contributed by atoms with Gasteiger partial charge in [0.2, 0.25) is 0 Å². The lowest BCUT2D eigenvalue weighted by atomic mass is 9.99. The fraction of sp³-hybridized carbons (Fsp3) is 0.0244. The van der Waals surface area contributed by atoms with E-state index in [1.54, 1.807) is 66.9 Å². The summed E-state index contributed by atoms with van der Waals surface area (Å²) < 4.78 is 39.2. The zero-order chi connectivity index (χ0) is 41.4. The summed E-state index contributed by atoms with van der Waals surface area (Å²) in [6.45, 7) is 1.76. The van der Waals surface area contributed by atoms with Crippen LogP contribution in [0.1, 0.15) is 47.4 Å². The molecule has 0 aliphatic carbocycles. The van der Waals surface area contributed by atoms with E-state index in [-0.39, 0.29) is 48.2 Å². The number of nitrogens with one attached hydrogen (secondary N) is 2. The van der Waals surface area contributed by atoms with E-state index in [1.807, 2.05) is 12.1 Å². The summed E-state index contributed by atoms with van der Waals surface area (Å²) in [5.41, 5.74) is 2.24. The number of carbonyl (C=O) groups excluding carboxylic acids is 2. The number of hydrogen-bond donors (Lipinski definition) is 4. The lowest BCUT2D eigenvalue weighted by Crippen LogP contribution is -2.12. The Labute approximate surface area is 352 Å². The second-order valence-corrected chi connectivity index (χ2v) is 15.7. The van der Waals surface area contributed by atoms with Crippen molar-refractivity contribution in [2.24, 2.45) is 0 Å². The maximum absolute atomic E-state index is 14.4. The van der Waals surface area contributed by atoms with Gasteiger partial charge in [0.15, 0.2) is 23.2 Å². The van der Waals surface area contributed by atoms with Crippen molar-refractivity contribution < 1.29 is 47.0 Å². The van der Waals surface area contributed by atoms with E-state index >= 15 is 0 Å². The van der Waals surface area contributed by atoms with Gasteiger partial charge in [0.05, 0.1) is 14.5 Å². The summed E-state index contributed by atoms with van der Waals surface area (Å²) in [6, 6.07) is 23.3. The van der Waals surface area contributed by atoms with Crippen molar-refractivity contribution in [3.05, 3.63) is 150 Å². The Hall–Kier alpha value is -5.84. The van der Waals surface area contributed by atoms with Gasteiger partial charge in [-0.05, 0) is 70.4 Å². The van der Waals surface area contributed by atoms with Gasteiger partial charge in [-0.1, -0.05) is 71.7 Å². The second-order valence-electron chi connectivity index (χ2n) is 12.3. The predicted octanol–water partition coefficient (Wildman–Crippen LogP) is 12.9. The van der Waals surface area contributed by atoms with Crippen LogP contribution in [-0.4, -0.2) is 34.0 Å². The highest BCUT2D eigenvalue weighted by Crippen LogP contribution is 2.41. The third-order valence-corrected chi connectivity index (χ3v) is 12.0. The molecule has 0 unspecified atom stereocenters. The van der Waals surface area contributed by atoms with Crippen molar-refractivity contribution in [1.82, 2.24) is 0 Å². The van der Waals surface area contributed by atoms with Crippen molar-refractivity contribution in [3.8, 4) is 22.3 Å². The number of amides is 2. The first-order chi connectivity index (χ1) is 27.7. The molecule has 2 amide bonds. The highest BCUT2D eigenvalue weighted by Gasteiger charge is 2.27. The highest BCUT2D eigenvalue weighted by atomic mass is 79.9. The normalized spacial score (nSPS) is 11.0. The first kappa shape index (κ1) is 40.4. The zero-order valence-corrected chi connectivity index (χ0v) is 34.0. The minimum Gasteiger partial charge on any atom is -0.478 e. The molecule has 17 heteroatoms. The number of fused-ring (bicyclic) bond motifs is 2. The number of hydrogen-bond acceptors (Lipinski definition) is 8. The molecule has 0 aliphatic rings. The third-order valence-electron chi connectivity index (χ3n) is 8.72. The topological polar surface area (TPSA) is 159 Å². The molecular formula is C41H23BrCl2F2N2O8S2. The molecule has 4 N–H and O–H groups in total. The van der Waals surface area contributed by atoms with E-state index in [1.165, 1.54) is 23.6 Å². The lowest BCUT2D eigenvalue weighted by Gasteiger charge is -2.09. The molecule has 0 saturated carbocycles. The number of carboxylic acid groups (broad SMARTS) is 2. The Morgan fingerprint density at radius 2 is 1.12 bits per heavy atom. The molecule has 0 saturated heterocycles. The van der Waals surface area contributed by atoms with Gasteiger partial charge in [-0.15, -0.1) is 22.7 Å². The van der Waals surface area contributed by atoms with Gasteiger partial charge in [-0.2, -0.15) is 0 Å². The summed E-state index contributed by atoms with van der Waals surface area (Å²) in [6.07, 6.45) is 0. The van der Waals surface area contributed by atoms with E-state index in [0.717, 1.165) is 33.4 Å². The highest BCUT2D eigenvalue weighted by molar-refractivity contribution is 9.10. The van der Waals surface area contributed by atoms with Crippen LogP contribution >= 0.6 is 61.8 Å². The number of anilines is 2. The molecule has 0 fully saturated rings. The maximum Gasteiger partial charge on any atom is 0.339 e. The third kappa shape index (κ3) is 7.86. The summed E-state index contributed by atoms with van der Waals surface area (Å²) in [4.78, 5) is 49.0. The summed E-state index contributed by atoms with van der Waals surface area (Å²) in [7, 11) is 0. The average Bonchev–Trinajstić information content (AvgIpc) is 4.01. The Morgan fingerprint density at radius 1 is 0.655 bits per heavy atom. The first-order valence-corrected chi connectivity index (χ1v) is 19.9. The van der Waals surface area contributed by atoms with Crippen LogP contribution in [0, 0.1) is 18.6 Å². The zero-order valence-electron chi connectivity index (χ0n) is 29.3. The molecule has 8 rings (SSSR count). The van der Waals surface area contributed by atoms with Gasteiger partial charge in [-0.3, -0.25) is 9.59 Å². The van der Waals surface area contributed by atoms with E-state index < -0.39 is 35.4 Å². The van der Waals surface area contributed by atoms with Gasteiger partial charge in [0, 0.05) is 38.2 Å². The van der Waals surface area contributed by atoms with Crippen LogP contribution in [0.3, 0.4) is 0 Å². The molecule has 0 spiro atoms. The fourth-order valence-corrected chi connectivity index (χ4v) is 8.49.